The first-order valence-corrected chi connectivity index (χ1v) is 8.84. The standard InChI is InChI=1S/C21H24O6/c1-2-12-27-18-5-3-4-17(13-18)16-8-6-15(7-9-16)10-11-21(26,20(24)25)14-19(22)23/h3-9,13,26H,2,10-12,14H2,1H3,(H,22,23)(H,24,25). The number of rotatable bonds is 10. The van der Waals surface area contributed by atoms with Gasteiger partial charge in [-0.2, -0.15) is 0 Å². The third-order valence-corrected chi connectivity index (χ3v) is 4.26. The maximum absolute atomic E-state index is 11.2. The maximum atomic E-state index is 11.2. The molecule has 3 N–H and O–H groups in total. The molecule has 2 rings (SSSR count). The molecule has 0 amide bonds. The van der Waals surface area contributed by atoms with Gasteiger partial charge in [0.15, 0.2) is 5.60 Å². The van der Waals surface area contributed by atoms with E-state index in [-0.39, 0.29) is 12.8 Å². The van der Waals surface area contributed by atoms with Crippen LogP contribution >= 0.6 is 0 Å². The van der Waals surface area contributed by atoms with Gasteiger partial charge in [-0.15, -0.1) is 0 Å². The lowest BCUT2D eigenvalue weighted by Crippen LogP contribution is -2.41. The molecule has 0 saturated carbocycles. The molecular weight excluding hydrogens is 348 g/mol. The van der Waals surface area contributed by atoms with Gasteiger partial charge in [-0.05, 0) is 48.1 Å². The van der Waals surface area contributed by atoms with Crippen LogP contribution in [0, 0.1) is 0 Å². The Bertz CT molecular complexity index is 784. The Hall–Kier alpha value is -2.86. The Labute approximate surface area is 158 Å². The molecule has 0 heterocycles. The molecule has 6 nitrogen and oxygen atoms in total. The molecule has 1 atom stereocenters. The van der Waals surface area contributed by atoms with Crippen molar-refractivity contribution < 1.29 is 29.6 Å². The number of carbonyl (C=O) groups is 2. The first kappa shape index (κ1) is 20.5. The summed E-state index contributed by atoms with van der Waals surface area (Å²) in [5.41, 5.74) is 0.542. The van der Waals surface area contributed by atoms with Crippen LogP contribution in [-0.4, -0.2) is 39.5 Å². The lowest BCUT2D eigenvalue weighted by Gasteiger charge is -2.21. The van der Waals surface area contributed by atoms with Crippen LogP contribution in [0.3, 0.4) is 0 Å². The van der Waals surface area contributed by atoms with E-state index in [0.29, 0.717) is 6.61 Å². The molecule has 0 spiro atoms. The summed E-state index contributed by atoms with van der Waals surface area (Å²) in [5.74, 6) is -2.07. The minimum Gasteiger partial charge on any atom is -0.494 e. The maximum Gasteiger partial charge on any atom is 0.336 e. The Kier molecular flexibility index (Phi) is 6.96. The molecular formula is C21H24O6. The number of benzene rings is 2. The fourth-order valence-corrected chi connectivity index (χ4v) is 2.72. The van der Waals surface area contributed by atoms with Gasteiger partial charge in [-0.1, -0.05) is 43.3 Å². The molecule has 1 unspecified atom stereocenters. The summed E-state index contributed by atoms with van der Waals surface area (Å²) in [6.07, 6.45) is 0.193. The first-order chi connectivity index (χ1) is 12.8. The highest BCUT2D eigenvalue weighted by atomic mass is 16.5. The molecule has 0 bridgehead atoms. The Morgan fingerprint density at radius 1 is 1.04 bits per heavy atom. The zero-order valence-corrected chi connectivity index (χ0v) is 15.2. The quantitative estimate of drug-likeness (QED) is 0.591. The van der Waals surface area contributed by atoms with E-state index in [1.807, 2.05) is 55.5 Å². The second-order valence-corrected chi connectivity index (χ2v) is 6.48. The summed E-state index contributed by atoms with van der Waals surface area (Å²) < 4.78 is 5.64. The van der Waals surface area contributed by atoms with Crippen LogP contribution in [0.2, 0.25) is 0 Å². The molecule has 2 aromatic carbocycles. The van der Waals surface area contributed by atoms with Gasteiger partial charge < -0.3 is 20.1 Å². The van der Waals surface area contributed by atoms with Crippen molar-refractivity contribution in [1.29, 1.82) is 0 Å². The van der Waals surface area contributed by atoms with Gasteiger partial charge in [0.2, 0.25) is 0 Å². The fourth-order valence-electron chi connectivity index (χ4n) is 2.72. The van der Waals surface area contributed by atoms with Crippen molar-refractivity contribution in [2.24, 2.45) is 0 Å². The molecule has 0 radical (unpaired) electrons. The van der Waals surface area contributed by atoms with Crippen molar-refractivity contribution in [2.75, 3.05) is 6.61 Å². The van der Waals surface area contributed by atoms with E-state index in [1.54, 1.807) is 0 Å². The average Bonchev–Trinajstić information content (AvgIpc) is 2.65. The number of ether oxygens (including phenoxy) is 1. The molecule has 27 heavy (non-hydrogen) atoms. The molecule has 0 aliphatic carbocycles. The number of carboxylic acids is 2. The van der Waals surface area contributed by atoms with Gasteiger partial charge in [0.1, 0.15) is 5.75 Å². The minimum absolute atomic E-state index is 0.172. The van der Waals surface area contributed by atoms with Gasteiger partial charge >= 0.3 is 11.9 Å². The fraction of sp³-hybridized carbons (Fsp3) is 0.333. The zero-order chi connectivity index (χ0) is 19.9. The van der Waals surface area contributed by atoms with E-state index in [1.165, 1.54) is 0 Å². The second-order valence-electron chi connectivity index (χ2n) is 6.48. The molecule has 6 heteroatoms. The van der Waals surface area contributed by atoms with Crippen LogP contribution < -0.4 is 4.74 Å². The number of aryl methyl sites for hydroxylation is 1. The van der Waals surface area contributed by atoms with Gasteiger partial charge in [0.25, 0.3) is 0 Å². The van der Waals surface area contributed by atoms with Crippen LogP contribution in [0.15, 0.2) is 48.5 Å². The molecule has 0 saturated heterocycles. The number of aliphatic carboxylic acids is 2. The smallest absolute Gasteiger partial charge is 0.336 e. The van der Waals surface area contributed by atoms with Crippen LogP contribution in [0.1, 0.15) is 31.7 Å². The third kappa shape index (κ3) is 5.82. The van der Waals surface area contributed by atoms with E-state index in [4.69, 9.17) is 14.9 Å². The number of aliphatic hydroxyl groups is 1. The van der Waals surface area contributed by atoms with Crippen LogP contribution in [0.5, 0.6) is 5.75 Å². The highest BCUT2D eigenvalue weighted by molar-refractivity contribution is 5.83. The van der Waals surface area contributed by atoms with Crippen molar-refractivity contribution in [3.8, 4) is 16.9 Å². The molecule has 0 aliphatic heterocycles. The van der Waals surface area contributed by atoms with E-state index in [9.17, 15) is 14.7 Å². The molecule has 0 aliphatic rings. The highest BCUT2D eigenvalue weighted by Gasteiger charge is 2.38. The summed E-state index contributed by atoms with van der Waals surface area (Å²) in [6, 6.07) is 15.3. The van der Waals surface area contributed by atoms with Crippen molar-refractivity contribution in [3.05, 3.63) is 54.1 Å². The van der Waals surface area contributed by atoms with E-state index in [2.05, 4.69) is 0 Å². The van der Waals surface area contributed by atoms with Crippen LogP contribution in [0.25, 0.3) is 11.1 Å². The first-order valence-electron chi connectivity index (χ1n) is 8.84. The Morgan fingerprint density at radius 3 is 2.33 bits per heavy atom. The SMILES string of the molecule is CCCOc1cccc(-c2ccc(CCC(O)(CC(=O)O)C(=O)O)cc2)c1. The summed E-state index contributed by atoms with van der Waals surface area (Å²) in [6.45, 7) is 2.70. The van der Waals surface area contributed by atoms with Crippen LogP contribution in [-0.2, 0) is 16.0 Å². The third-order valence-electron chi connectivity index (χ3n) is 4.26. The second kappa shape index (κ2) is 9.19. The van der Waals surface area contributed by atoms with Crippen molar-refractivity contribution in [3.63, 3.8) is 0 Å². The van der Waals surface area contributed by atoms with Crippen molar-refractivity contribution in [1.82, 2.24) is 0 Å². The Balaban J connectivity index is 2.07. The normalized spacial score (nSPS) is 13.0. The lowest BCUT2D eigenvalue weighted by atomic mass is 9.91. The van der Waals surface area contributed by atoms with Gasteiger partial charge in [0, 0.05) is 0 Å². The van der Waals surface area contributed by atoms with Gasteiger partial charge in [-0.25, -0.2) is 4.79 Å². The van der Waals surface area contributed by atoms with Gasteiger partial charge in [0.05, 0.1) is 13.0 Å². The molecule has 0 fully saturated rings. The predicted octanol–water partition coefficient (Wildman–Crippen LogP) is 3.37. The molecule has 0 aromatic heterocycles. The predicted molar refractivity (Wildman–Crippen MR) is 101 cm³/mol. The molecule has 144 valence electrons. The number of carboxylic acid groups (broad SMARTS) is 2. The highest BCUT2D eigenvalue weighted by Crippen LogP contribution is 2.25. The summed E-state index contributed by atoms with van der Waals surface area (Å²) in [4.78, 5) is 22.0. The van der Waals surface area contributed by atoms with E-state index >= 15 is 0 Å². The summed E-state index contributed by atoms with van der Waals surface area (Å²) >= 11 is 0. The monoisotopic (exact) mass is 372 g/mol. The summed E-state index contributed by atoms with van der Waals surface area (Å²) in [7, 11) is 0. The number of hydrogen-bond acceptors (Lipinski definition) is 4. The number of hydrogen-bond donors (Lipinski definition) is 3. The average molecular weight is 372 g/mol. The summed E-state index contributed by atoms with van der Waals surface area (Å²) in [5, 5.41) is 28.0. The van der Waals surface area contributed by atoms with E-state index in [0.717, 1.165) is 28.9 Å². The van der Waals surface area contributed by atoms with Crippen molar-refractivity contribution >= 4 is 11.9 Å². The van der Waals surface area contributed by atoms with Gasteiger partial charge in [-0.3, -0.25) is 4.79 Å². The minimum atomic E-state index is -2.27. The molecule has 2 aromatic rings. The largest absolute Gasteiger partial charge is 0.494 e. The zero-order valence-electron chi connectivity index (χ0n) is 15.2. The Morgan fingerprint density at radius 2 is 1.74 bits per heavy atom. The van der Waals surface area contributed by atoms with Crippen LogP contribution in [0.4, 0.5) is 0 Å². The lowest BCUT2D eigenvalue weighted by molar-refractivity contribution is -0.166. The topological polar surface area (TPSA) is 104 Å². The van der Waals surface area contributed by atoms with E-state index < -0.39 is 24.0 Å². The van der Waals surface area contributed by atoms with Crippen molar-refractivity contribution in [2.45, 2.75) is 38.2 Å².